The van der Waals surface area contributed by atoms with Gasteiger partial charge in [-0.2, -0.15) is 0 Å². The van der Waals surface area contributed by atoms with Gasteiger partial charge < -0.3 is 14.6 Å². The average molecular weight is 220 g/mol. The third kappa shape index (κ3) is 1.53. The number of likely N-dealkylation sites (tertiary alicyclic amines) is 1. The van der Waals surface area contributed by atoms with Crippen LogP contribution in [0.25, 0.3) is 0 Å². The Morgan fingerprint density at radius 2 is 2.44 bits per heavy atom. The van der Waals surface area contributed by atoms with Crippen LogP contribution in [0.3, 0.4) is 0 Å². The van der Waals surface area contributed by atoms with E-state index < -0.39 is 0 Å². The lowest BCUT2D eigenvalue weighted by Crippen LogP contribution is -2.32. The topological polar surface area (TPSA) is 45.3 Å². The van der Waals surface area contributed by atoms with E-state index in [4.69, 9.17) is 4.74 Å². The van der Waals surface area contributed by atoms with Gasteiger partial charge in [0.15, 0.2) is 0 Å². The van der Waals surface area contributed by atoms with E-state index in [9.17, 15) is 4.79 Å². The van der Waals surface area contributed by atoms with Crippen LogP contribution in [-0.4, -0.2) is 42.1 Å². The van der Waals surface area contributed by atoms with Crippen LogP contribution in [0.1, 0.15) is 23.3 Å². The number of carbonyl (C=O) groups is 1. The lowest BCUT2D eigenvalue weighted by atomic mass is 9.87. The summed E-state index contributed by atoms with van der Waals surface area (Å²) in [7, 11) is 0. The molecular formula is C12H16N2O2. The molecule has 0 saturated carbocycles. The lowest BCUT2D eigenvalue weighted by Gasteiger charge is -2.21. The van der Waals surface area contributed by atoms with Gasteiger partial charge in [-0.15, -0.1) is 0 Å². The summed E-state index contributed by atoms with van der Waals surface area (Å²) < 4.78 is 5.46. The van der Waals surface area contributed by atoms with Gasteiger partial charge in [0, 0.05) is 31.3 Å². The number of aromatic nitrogens is 1. The number of amides is 1. The van der Waals surface area contributed by atoms with Gasteiger partial charge >= 0.3 is 0 Å². The minimum absolute atomic E-state index is 0.119. The minimum Gasteiger partial charge on any atom is -0.381 e. The number of nitrogens with zero attached hydrogens (tertiary/aromatic N) is 1. The van der Waals surface area contributed by atoms with E-state index in [1.165, 1.54) is 0 Å². The number of H-pyrrole nitrogens is 1. The van der Waals surface area contributed by atoms with Crippen LogP contribution in [0.4, 0.5) is 0 Å². The van der Waals surface area contributed by atoms with Crippen LogP contribution in [-0.2, 0) is 4.74 Å². The van der Waals surface area contributed by atoms with Crippen molar-refractivity contribution in [2.75, 3.05) is 26.3 Å². The average Bonchev–Trinajstić information content (AvgIpc) is 3.01. The lowest BCUT2D eigenvalue weighted by molar-refractivity contribution is 0.0760. The van der Waals surface area contributed by atoms with Crippen molar-refractivity contribution in [2.45, 2.75) is 12.8 Å². The SMILES string of the molecule is O=C(c1ccc[nH]1)N1CCC2(CCOC2)C1. The van der Waals surface area contributed by atoms with E-state index in [2.05, 4.69) is 4.98 Å². The summed E-state index contributed by atoms with van der Waals surface area (Å²) in [5.74, 6) is 0.119. The highest BCUT2D eigenvalue weighted by Crippen LogP contribution is 2.38. The summed E-state index contributed by atoms with van der Waals surface area (Å²) in [5.41, 5.74) is 0.943. The summed E-state index contributed by atoms with van der Waals surface area (Å²) in [6, 6.07) is 3.69. The van der Waals surface area contributed by atoms with Gasteiger partial charge in [-0.25, -0.2) is 0 Å². The highest BCUT2D eigenvalue weighted by atomic mass is 16.5. The van der Waals surface area contributed by atoms with Crippen molar-refractivity contribution >= 4 is 5.91 Å². The molecule has 1 amide bonds. The van der Waals surface area contributed by atoms with Crippen LogP contribution >= 0.6 is 0 Å². The fourth-order valence-corrected chi connectivity index (χ4v) is 2.71. The molecule has 16 heavy (non-hydrogen) atoms. The number of rotatable bonds is 1. The van der Waals surface area contributed by atoms with E-state index in [1.54, 1.807) is 6.20 Å². The number of hydrogen-bond donors (Lipinski definition) is 1. The van der Waals surface area contributed by atoms with Crippen LogP contribution in [0.5, 0.6) is 0 Å². The third-order valence-corrected chi connectivity index (χ3v) is 3.74. The molecule has 2 aliphatic heterocycles. The second-order valence-electron chi connectivity index (χ2n) is 4.86. The second-order valence-corrected chi connectivity index (χ2v) is 4.86. The molecule has 86 valence electrons. The van der Waals surface area contributed by atoms with Gasteiger partial charge in [0.05, 0.1) is 6.61 Å². The Labute approximate surface area is 94.6 Å². The summed E-state index contributed by atoms with van der Waals surface area (Å²) in [5, 5.41) is 0. The van der Waals surface area contributed by atoms with Crippen LogP contribution in [0.15, 0.2) is 18.3 Å². The number of hydrogen-bond acceptors (Lipinski definition) is 2. The zero-order chi connectivity index (χ0) is 11.0. The zero-order valence-electron chi connectivity index (χ0n) is 9.24. The van der Waals surface area contributed by atoms with E-state index >= 15 is 0 Å². The summed E-state index contributed by atoms with van der Waals surface area (Å²) in [6.07, 6.45) is 3.97. The van der Waals surface area contributed by atoms with Gasteiger partial charge in [0.2, 0.25) is 0 Å². The van der Waals surface area contributed by atoms with Crippen LogP contribution in [0.2, 0.25) is 0 Å². The molecule has 1 aromatic heterocycles. The van der Waals surface area contributed by atoms with Crippen molar-refractivity contribution in [1.82, 2.24) is 9.88 Å². The van der Waals surface area contributed by atoms with Gasteiger partial charge in [-0.1, -0.05) is 0 Å². The molecule has 1 atom stereocenters. The van der Waals surface area contributed by atoms with E-state index in [0.29, 0.717) is 5.69 Å². The molecule has 0 aromatic carbocycles. The number of ether oxygens (including phenoxy) is 1. The summed E-state index contributed by atoms with van der Waals surface area (Å²) >= 11 is 0. The molecule has 1 aromatic rings. The Morgan fingerprint density at radius 1 is 1.50 bits per heavy atom. The quantitative estimate of drug-likeness (QED) is 0.774. The van der Waals surface area contributed by atoms with Gasteiger partial charge in [-0.3, -0.25) is 4.79 Å². The smallest absolute Gasteiger partial charge is 0.270 e. The Hall–Kier alpha value is -1.29. The van der Waals surface area contributed by atoms with Crippen molar-refractivity contribution in [3.8, 4) is 0 Å². The fraction of sp³-hybridized carbons (Fsp3) is 0.583. The van der Waals surface area contributed by atoms with Crippen molar-refractivity contribution in [2.24, 2.45) is 5.41 Å². The van der Waals surface area contributed by atoms with Gasteiger partial charge in [0.1, 0.15) is 5.69 Å². The van der Waals surface area contributed by atoms with E-state index in [0.717, 1.165) is 39.1 Å². The Morgan fingerprint density at radius 3 is 3.12 bits per heavy atom. The Bertz CT molecular complexity index is 380. The van der Waals surface area contributed by atoms with Gasteiger partial charge in [0.25, 0.3) is 5.91 Å². The van der Waals surface area contributed by atoms with Crippen molar-refractivity contribution in [3.05, 3.63) is 24.0 Å². The van der Waals surface area contributed by atoms with Crippen molar-refractivity contribution < 1.29 is 9.53 Å². The maximum atomic E-state index is 12.1. The van der Waals surface area contributed by atoms with Gasteiger partial charge in [-0.05, 0) is 25.0 Å². The third-order valence-electron chi connectivity index (χ3n) is 3.74. The molecule has 0 aliphatic carbocycles. The maximum Gasteiger partial charge on any atom is 0.270 e. The first-order chi connectivity index (χ1) is 7.79. The number of nitrogens with one attached hydrogen (secondary N) is 1. The predicted octanol–water partition coefficient (Wildman–Crippen LogP) is 1.27. The molecule has 2 saturated heterocycles. The standard InChI is InChI=1S/C12H16N2O2/c15-11(10-2-1-5-13-10)14-6-3-12(8-14)4-7-16-9-12/h1-2,5,13H,3-4,6-9H2. The monoisotopic (exact) mass is 220 g/mol. The first-order valence-electron chi connectivity index (χ1n) is 5.80. The first kappa shape index (κ1) is 9.90. The molecule has 0 radical (unpaired) electrons. The number of aromatic amines is 1. The summed E-state index contributed by atoms with van der Waals surface area (Å²) in [4.78, 5) is 17.0. The second kappa shape index (κ2) is 3.63. The molecule has 3 heterocycles. The van der Waals surface area contributed by atoms with Crippen LogP contribution < -0.4 is 0 Å². The molecule has 4 nitrogen and oxygen atoms in total. The molecular weight excluding hydrogens is 204 g/mol. The largest absolute Gasteiger partial charge is 0.381 e. The van der Waals surface area contributed by atoms with E-state index in [1.807, 2.05) is 17.0 Å². The van der Waals surface area contributed by atoms with Crippen molar-refractivity contribution in [1.29, 1.82) is 0 Å². The molecule has 2 aliphatic rings. The molecule has 3 rings (SSSR count). The molecule has 1 N–H and O–H groups in total. The molecule has 1 spiro atoms. The maximum absolute atomic E-state index is 12.1. The Kier molecular flexibility index (Phi) is 2.24. The highest BCUT2D eigenvalue weighted by molar-refractivity contribution is 5.92. The summed E-state index contributed by atoms with van der Waals surface area (Å²) in [6.45, 7) is 3.39. The fourth-order valence-electron chi connectivity index (χ4n) is 2.71. The zero-order valence-corrected chi connectivity index (χ0v) is 9.24. The normalized spacial score (nSPS) is 29.1. The number of carbonyl (C=O) groups excluding carboxylic acids is 1. The molecule has 1 unspecified atom stereocenters. The predicted molar refractivity (Wildman–Crippen MR) is 59.2 cm³/mol. The molecule has 0 bridgehead atoms. The minimum atomic E-state index is 0.119. The first-order valence-corrected chi connectivity index (χ1v) is 5.80. The highest BCUT2D eigenvalue weighted by Gasteiger charge is 2.42. The van der Waals surface area contributed by atoms with Crippen molar-refractivity contribution in [3.63, 3.8) is 0 Å². The van der Waals surface area contributed by atoms with Crippen LogP contribution in [0, 0.1) is 5.41 Å². The Balaban J connectivity index is 1.72. The molecule has 4 heteroatoms. The van der Waals surface area contributed by atoms with E-state index in [-0.39, 0.29) is 11.3 Å². The molecule has 2 fully saturated rings.